The molecule has 1 heterocycles. The molecule has 0 bridgehead atoms. The van der Waals surface area contributed by atoms with Crippen LogP contribution in [0.4, 0.5) is 10.5 Å². The van der Waals surface area contributed by atoms with E-state index in [9.17, 15) is 4.79 Å². The Bertz CT molecular complexity index is 635. The second-order valence-electron chi connectivity index (χ2n) is 7.82. The number of nitrogens with zero attached hydrogens (tertiary/aromatic N) is 2. The second-order valence-corrected chi connectivity index (χ2v) is 7.82. The summed E-state index contributed by atoms with van der Waals surface area (Å²) in [5.41, 5.74) is 7.79. The van der Waals surface area contributed by atoms with Gasteiger partial charge in [0.05, 0.1) is 0 Å². The summed E-state index contributed by atoms with van der Waals surface area (Å²) in [4.78, 5) is 18.3. The fourth-order valence-electron chi connectivity index (χ4n) is 2.91. The molecule has 0 radical (unpaired) electrons. The minimum atomic E-state index is -0.451. The number of hydrogen-bond donors (Lipinski definition) is 2. The monoisotopic (exact) mass is 488 g/mol. The minimum absolute atomic E-state index is 0. The van der Waals surface area contributed by atoms with Gasteiger partial charge in [-0.2, -0.15) is 0 Å². The molecule has 1 amide bonds. The van der Waals surface area contributed by atoms with Crippen LogP contribution in [0, 0.1) is 5.92 Å². The van der Waals surface area contributed by atoms with Crippen LogP contribution in [0.25, 0.3) is 0 Å². The molecule has 0 aliphatic carbocycles. The van der Waals surface area contributed by atoms with Crippen molar-refractivity contribution in [1.82, 2.24) is 4.90 Å². The van der Waals surface area contributed by atoms with E-state index in [0.29, 0.717) is 31.5 Å². The third kappa shape index (κ3) is 8.36. The minimum Gasteiger partial charge on any atom is -0.444 e. The number of guanidine groups is 1. The Kier molecular flexibility index (Phi) is 9.35. The Morgan fingerprint density at radius 2 is 2.00 bits per heavy atom. The zero-order valence-electron chi connectivity index (χ0n) is 16.8. The first-order chi connectivity index (χ1) is 12.3. The van der Waals surface area contributed by atoms with Crippen LogP contribution in [0.2, 0.25) is 0 Å². The maximum Gasteiger partial charge on any atom is 0.410 e. The Labute approximate surface area is 179 Å². The molecule has 0 aromatic heterocycles. The summed E-state index contributed by atoms with van der Waals surface area (Å²) >= 11 is 0. The van der Waals surface area contributed by atoms with E-state index in [1.165, 1.54) is 5.56 Å². The average Bonchev–Trinajstić information content (AvgIpc) is 2.59. The van der Waals surface area contributed by atoms with Gasteiger partial charge < -0.3 is 20.7 Å². The maximum atomic E-state index is 12.1. The highest BCUT2D eigenvalue weighted by molar-refractivity contribution is 14.0. The van der Waals surface area contributed by atoms with Gasteiger partial charge in [0.15, 0.2) is 5.96 Å². The largest absolute Gasteiger partial charge is 0.444 e. The van der Waals surface area contributed by atoms with E-state index >= 15 is 0 Å². The first-order valence-electron chi connectivity index (χ1n) is 9.40. The number of aryl methyl sites for hydroxylation is 1. The zero-order valence-corrected chi connectivity index (χ0v) is 19.2. The molecule has 0 spiro atoms. The molecule has 27 heavy (non-hydrogen) atoms. The number of anilines is 1. The number of halogens is 1. The first-order valence-corrected chi connectivity index (χ1v) is 9.40. The summed E-state index contributed by atoms with van der Waals surface area (Å²) in [7, 11) is 0. The third-order valence-electron chi connectivity index (χ3n) is 4.39. The van der Waals surface area contributed by atoms with Gasteiger partial charge in [-0.05, 0) is 63.6 Å². The number of nitrogens with two attached hydrogens (primary N) is 1. The Morgan fingerprint density at radius 3 is 2.59 bits per heavy atom. The van der Waals surface area contributed by atoms with Gasteiger partial charge in [0.2, 0.25) is 0 Å². The molecule has 1 aromatic rings. The van der Waals surface area contributed by atoms with Gasteiger partial charge in [0, 0.05) is 25.3 Å². The normalized spacial score (nSPS) is 15.9. The molecule has 152 valence electrons. The molecule has 2 rings (SSSR count). The van der Waals surface area contributed by atoms with Gasteiger partial charge in [0.1, 0.15) is 5.60 Å². The van der Waals surface area contributed by atoms with Crippen molar-refractivity contribution in [3.63, 3.8) is 0 Å². The topological polar surface area (TPSA) is 80.0 Å². The van der Waals surface area contributed by atoms with Gasteiger partial charge in [-0.3, -0.25) is 4.99 Å². The number of rotatable bonds is 4. The van der Waals surface area contributed by atoms with Crippen molar-refractivity contribution in [3.05, 3.63) is 29.8 Å². The maximum absolute atomic E-state index is 12.1. The quantitative estimate of drug-likeness (QED) is 0.378. The molecule has 3 N–H and O–H groups in total. The van der Waals surface area contributed by atoms with E-state index in [2.05, 4.69) is 29.4 Å². The molecule has 1 fully saturated rings. The number of likely N-dealkylation sites (tertiary alicyclic amines) is 1. The van der Waals surface area contributed by atoms with Crippen molar-refractivity contribution in [2.45, 2.75) is 52.6 Å². The number of ether oxygens (including phenoxy) is 1. The van der Waals surface area contributed by atoms with E-state index in [1.807, 2.05) is 32.9 Å². The highest BCUT2D eigenvalue weighted by atomic mass is 127. The predicted molar refractivity (Wildman–Crippen MR) is 122 cm³/mol. The van der Waals surface area contributed by atoms with Crippen LogP contribution in [0.1, 0.15) is 46.1 Å². The lowest BCUT2D eigenvalue weighted by atomic mass is 9.97. The average molecular weight is 488 g/mol. The Hall–Kier alpha value is -1.51. The number of hydrogen-bond acceptors (Lipinski definition) is 3. The van der Waals surface area contributed by atoms with Crippen LogP contribution in [0.3, 0.4) is 0 Å². The van der Waals surface area contributed by atoms with Gasteiger partial charge in [-0.1, -0.05) is 19.1 Å². The lowest BCUT2D eigenvalue weighted by Gasteiger charge is -2.33. The van der Waals surface area contributed by atoms with Crippen molar-refractivity contribution in [2.75, 3.05) is 25.0 Å². The van der Waals surface area contributed by atoms with Crippen LogP contribution < -0.4 is 11.1 Å². The number of carbonyl (C=O) groups is 1. The third-order valence-corrected chi connectivity index (χ3v) is 4.39. The fraction of sp³-hybridized carbons (Fsp3) is 0.600. The van der Waals surface area contributed by atoms with E-state index in [1.54, 1.807) is 4.90 Å². The van der Waals surface area contributed by atoms with E-state index in [-0.39, 0.29) is 30.1 Å². The van der Waals surface area contributed by atoms with Crippen LogP contribution in [-0.4, -0.2) is 42.2 Å². The number of carbonyl (C=O) groups excluding carboxylic acids is 1. The van der Waals surface area contributed by atoms with Crippen LogP contribution in [0.5, 0.6) is 0 Å². The van der Waals surface area contributed by atoms with Gasteiger partial charge in [-0.25, -0.2) is 4.79 Å². The number of piperidine rings is 1. The van der Waals surface area contributed by atoms with Gasteiger partial charge in [-0.15, -0.1) is 24.0 Å². The van der Waals surface area contributed by atoms with E-state index < -0.39 is 5.60 Å². The first kappa shape index (κ1) is 23.5. The lowest BCUT2D eigenvalue weighted by Crippen LogP contribution is -2.42. The SMILES string of the molecule is CCc1cccc(NC(N)=NCC2CCN(C(=O)OC(C)(C)C)CC2)c1.I. The number of nitrogens with one attached hydrogen (secondary N) is 1. The summed E-state index contributed by atoms with van der Waals surface area (Å²) in [6.07, 6.45) is 2.60. The highest BCUT2D eigenvalue weighted by Crippen LogP contribution is 2.20. The smallest absolute Gasteiger partial charge is 0.410 e. The van der Waals surface area contributed by atoms with Crippen molar-refractivity contribution in [2.24, 2.45) is 16.6 Å². The van der Waals surface area contributed by atoms with Crippen molar-refractivity contribution < 1.29 is 9.53 Å². The Morgan fingerprint density at radius 1 is 1.33 bits per heavy atom. The Balaban J connectivity index is 0.00000364. The number of benzene rings is 1. The molecule has 1 aromatic carbocycles. The molecule has 1 aliphatic heterocycles. The van der Waals surface area contributed by atoms with E-state index in [0.717, 1.165) is 24.9 Å². The summed E-state index contributed by atoms with van der Waals surface area (Å²) in [5.74, 6) is 0.879. The van der Waals surface area contributed by atoms with Crippen LogP contribution in [-0.2, 0) is 11.2 Å². The fourth-order valence-corrected chi connectivity index (χ4v) is 2.91. The summed E-state index contributed by atoms with van der Waals surface area (Å²) in [6, 6.07) is 8.18. The molecule has 1 saturated heterocycles. The summed E-state index contributed by atoms with van der Waals surface area (Å²) in [5, 5.41) is 3.15. The van der Waals surface area contributed by atoms with E-state index in [4.69, 9.17) is 10.5 Å². The molecule has 7 heteroatoms. The van der Waals surface area contributed by atoms with Gasteiger partial charge >= 0.3 is 6.09 Å². The van der Waals surface area contributed by atoms with Gasteiger partial charge in [0.25, 0.3) is 0 Å². The van der Waals surface area contributed by atoms with Crippen molar-refractivity contribution in [1.29, 1.82) is 0 Å². The number of aliphatic imine (C=N–C) groups is 1. The highest BCUT2D eigenvalue weighted by Gasteiger charge is 2.26. The second kappa shape index (κ2) is 10.7. The van der Waals surface area contributed by atoms with Crippen molar-refractivity contribution >= 4 is 41.7 Å². The summed E-state index contributed by atoms with van der Waals surface area (Å²) < 4.78 is 5.43. The predicted octanol–water partition coefficient (Wildman–Crippen LogP) is 4.24. The molecule has 0 saturated carbocycles. The standard InChI is InChI=1S/C20H32N4O2.HI/c1-5-15-7-6-8-17(13-15)23-18(21)22-14-16-9-11-24(12-10-16)19(25)26-20(2,3)4;/h6-8,13,16H,5,9-12,14H2,1-4H3,(H3,21,22,23);1H. The molecular formula is C20H33IN4O2. The zero-order chi connectivity index (χ0) is 19.2. The molecule has 0 unspecified atom stereocenters. The van der Waals surface area contributed by atoms with Crippen LogP contribution in [0.15, 0.2) is 29.3 Å². The lowest BCUT2D eigenvalue weighted by molar-refractivity contribution is 0.0187. The molecule has 1 aliphatic rings. The van der Waals surface area contributed by atoms with Crippen molar-refractivity contribution in [3.8, 4) is 0 Å². The molecule has 6 nitrogen and oxygen atoms in total. The molecular weight excluding hydrogens is 455 g/mol. The summed E-state index contributed by atoms with van der Waals surface area (Å²) in [6.45, 7) is 9.88. The van der Waals surface area contributed by atoms with Crippen LogP contribution >= 0.6 is 24.0 Å². The number of amides is 1. The molecule has 0 atom stereocenters.